The largest absolute Gasteiger partial charge is 0.496 e. The predicted molar refractivity (Wildman–Crippen MR) is 71.8 cm³/mol. The number of nitrogens with zero attached hydrogens (tertiary/aromatic N) is 4. The van der Waals surface area contributed by atoms with E-state index in [-0.39, 0.29) is 5.75 Å². The third kappa shape index (κ3) is 3.24. The molecule has 9 heteroatoms. The van der Waals surface area contributed by atoms with Gasteiger partial charge < -0.3 is 9.84 Å². The van der Waals surface area contributed by atoms with E-state index in [1.54, 1.807) is 25.3 Å². The topological polar surface area (TPSA) is 90.1 Å². The second kappa shape index (κ2) is 6.02. The molecule has 7 nitrogen and oxygen atoms in total. The van der Waals surface area contributed by atoms with Gasteiger partial charge in [-0.1, -0.05) is 11.8 Å². The Bertz CT molecular complexity index is 604. The van der Waals surface area contributed by atoms with Crippen LogP contribution in [0.15, 0.2) is 27.8 Å². The summed E-state index contributed by atoms with van der Waals surface area (Å²) < 4.78 is 7.37. The SMILES string of the molecule is COc1ccc(-n2nnnc2SCC(=O)O)cc1Br. The van der Waals surface area contributed by atoms with E-state index >= 15 is 0 Å². The number of halogens is 1. The molecule has 0 saturated carbocycles. The van der Waals surface area contributed by atoms with Crippen molar-refractivity contribution in [3.63, 3.8) is 0 Å². The van der Waals surface area contributed by atoms with Crippen molar-refractivity contribution in [2.45, 2.75) is 5.16 Å². The third-order valence-corrected chi connectivity index (χ3v) is 3.67. The number of hydrogen-bond acceptors (Lipinski definition) is 6. The van der Waals surface area contributed by atoms with E-state index in [1.807, 2.05) is 0 Å². The Balaban J connectivity index is 2.29. The number of aliphatic carboxylic acids is 1. The quantitative estimate of drug-likeness (QED) is 0.824. The second-order valence-corrected chi connectivity index (χ2v) is 5.17. The van der Waals surface area contributed by atoms with Crippen LogP contribution in [-0.2, 0) is 4.79 Å². The molecular formula is C10H9BrN4O3S. The van der Waals surface area contributed by atoms with Crippen molar-refractivity contribution in [3.05, 3.63) is 22.7 Å². The summed E-state index contributed by atoms with van der Waals surface area (Å²) in [7, 11) is 1.57. The highest BCUT2D eigenvalue weighted by atomic mass is 79.9. The van der Waals surface area contributed by atoms with Crippen LogP contribution in [0.3, 0.4) is 0 Å². The zero-order chi connectivity index (χ0) is 13.8. The Kier molecular flexibility index (Phi) is 4.38. The first-order valence-electron chi connectivity index (χ1n) is 5.08. The molecule has 0 spiro atoms. The molecule has 0 atom stereocenters. The summed E-state index contributed by atoms with van der Waals surface area (Å²) in [6, 6.07) is 5.34. The highest BCUT2D eigenvalue weighted by molar-refractivity contribution is 9.10. The number of carbonyl (C=O) groups is 1. The lowest BCUT2D eigenvalue weighted by molar-refractivity contribution is -0.133. The molecule has 1 aromatic carbocycles. The minimum absolute atomic E-state index is 0.0995. The number of methoxy groups -OCH3 is 1. The first-order valence-corrected chi connectivity index (χ1v) is 6.86. The molecule has 1 N–H and O–H groups in total. The minimum Gasteiger partial charge on any atom is -0.496 e. The van der Waals surface area contributed by atoms with Crippen LogP contribution in [0.1, 0.15) is 0 Å². The molecule has 0 unspecified atom stereocenters. The van der Waals surface area contributed by atoms with E-state index in [0.717, 1.165) is 16.2 Å². The summed E-state index contributed by atoms with van der Waals surface area (Å²) in [5.74, 6) is -0.329. The van der Waals surface area contributed by atoms with Crippen LogP contribution in [0.25, 0.3) is 5.69 Å². The maximum Gasteiger partial charge on any atom is 0.313 e. The molecule has 0 aliphatic rings. The zero-order valence-electron chi connectivity index (χ0n) is 9.78. The minimum atomic E-state index is -0.921. The first kappa shape index (κ1) is 13.8. The van der Waals surface area contributed by atoms with Crippen molar-refractivity contribution < 1.29 is 14.6 Å². The van der Waals surface area contributed by atoms with Crippen molar-refractivity contribution in [2.24, 2.45) is 0 Å². The van der Waals surface area contributed by atoms with Gasteiger partial charge in [0.1, 0.15) is 5.75 Å². The molecule has 0 bridgehead atoms. The second-order valence-electron chi connectivity index (χ2n) is 3.37. The van der Waals surface area contributed by atoms with Crippen LogP contribution < -0.4 is 4.74 Å². The normalized spacial score (nSPS) is 10.4. The van der Waals surface area contributed by atoms with Gasteiger partial charge in [-0.05, 0) is 44.6 Å². The first-order chi connectivity index (χ1) is 9.11. The summed E-state index contributed by atoms with van der Waals surface area (Å²) >= 11 is 4.43. The molecule has 2 aromatic rings. The van der Waals surface area contributed by atoms with Gasteiger partial charge in [-0.2, -0.15) is 4.68 Å². The number of carboxylic acids is 1. The molecule has 2 rings (SSSR count). The lowest BCUT2D eigenvalue weighted by Gasteiger charge is -2.07. The summed E-state index contributed by atoms with van der Waals surface area (Å²) in [5.41, 5.74) is 0.713. The molecule has 100 valence electrons. The third-order valence-electron chi connectivity index (χ3n) is 2.15. The lowest BCUT2D eigenvalue weighted by Crippen LogP contribution is -2.03. The maximum atomic E-state index is 10.6. The predicted octanol–water partition coefficient (Wildman–Crippen LogP) is 1.61. The Labute approximate surface area is 121 Å². The standard InChI is InChI=1S/C10H9BrN4O3S/c1-18-8-3-2-6(4-7(8)11)15-10(12-13-14-15)19-5-9(16)17/h2-4H,5H2,1H3,(H,16,17). The van der Waals surface area contributed by atoms with Crippen molar-refractivity contribution in [1.82, 2.24) is 20.2 Å². The molecule has 0 amide bonds. The number of hydrogen-bond donors (Lipinski definition) is 1. The molecule has 0 fully saturated rings. The maximum absolute atomic E-state index is 10.6. The van der Waals surface area contributed by atoms with E-state index < -0.39 is 5.97 Å². The number of thioether (sulfide) groups is 1. The Hall–Kier alpha value is -1.61. The molecule has 0 aliphatic carbocycles. The summed E-state index contributed by atoms with van der Waals surface area (Å²) in [6.45, 7) is 0. The van der Waals surface area contributed by atoms with Crippen molar-refractivity contribution in [3.8, 4) is 11.4 Å². The van der Waals surface area contributed by atoms with E-state index in [9.17, 15) is 4.79 Å². The zero-order valence-corrected chi connectivity index (χ0v) is 12.2. The van der Waals surface area contributed by atoms with Crippen LogP contribution >= 0.6 is 27.7 Å². The monoisotopic (exact) mass is 344 g/mol. The summed E-state index contributed by atoms with van der Waals surface area (Å²) in [6.07, 6.45) is 0. The fourth-order valence-corrected chi connectivity index (χ4v) is 2.48. The molecule has 19 heavy (non-hydrogen) atoms. The highest BCUT2D eigenvalue weighted by Gasteiger charge is 2.12. The van der Waals surface area contributed by atoms with E-state index in [2.05, 4.69) is 31.5 Å². The average molecular weight is 345 g/mol. The lowest BCUT2D eigenvalue weighted by atomic mass is 10.3. The summed E-state index contributed by atoms with van der Waals surface area (Å²) in [4.78, 5) is 10.6. The van der Waals surface area contributed by atoms with Gasteiger partial charge in [0.25, 0.3) is 0 Å². The van der Waals surface area contributed by atoms with E-state index in [4.69, 9.17) is 9.84 Å². The van der Waals surface area contributed by atoms with E-state index in [1.165, 1.54) is 4.68 Å². The number of aromatic nitrogens is 4. The highest BCUT2D eigenvalue weighted by Crippen LogP contribution is 2.28. The number of rotatable bonds is 5. The molecule has 1 heterocycles. The van der Waals surface area contributed by atoms with Gasteiger partial charge in [0, 0.05) is 0 Å². The Morgan fingerprint density at radius 2 is 2.37 bits per heavy atom. The number of tetrazole rings is 1. The van der Waals surface area contributed by atoms with Crippen LogP contribution in [0.4, 0.5) is 0 Å². The fourth-order valence-electron chi connectivity index (χ4n) is 1.34. The fraction of sp³-hybridized carbons (Fsp3) is 0.200. The number of carboxylic acid groups (broad SMARTS) is 1. The smallest absolute Gasteiger partial charge is 0.313 e. The van der Waals surface area contributed by atoms with Gasteiger partial charge in [0.05, 0.1) is 23.0 Å². The van der Waals surface area contributed by atoms with Crippen molar-refractivity contribution in [1.29, 1.82) is 0 Å². The van der Waals surface area contributed by atoms with Gasteiger partial charge in [-0.25, -0.2) is 0 Å². The molecular weight excluding hydrogens is 336 g/mol. The van der Waals surface area contributed by atoms with Crippen molar-refractivity contribution >= 4 is 33.7 Å². The Morgan fingerprint density at radius 3 is 3.00 bits per heavy atom. The Morgan fingerprint density at radius 1 is 1.58 bits per heavy atom. The van der Waals surface area contributed by atoms with E-state index in [0.29, 0.717) is 16.6 Å². The number of ether oxygens (including phenoxy) is 1. The van der Waals surface area contributed by atoms with Crippen LogP contribution in [-0.4, -0.2) is 44.1 Å². The van der Waals surface area contributed by atoms with Gasteiger partial charge >= 0.3 is 5.97 Å². The summed E-state index contributed by atoms with van der Waals surface area (Å²) in [5, 5.41) is 20.3. The number of benzene rings is 1. The van der Waals surface area contributed by atoms with Crippen molar-refractivity contribution in [2.75, 3.05) is 12.9 Å². The van der Waals surface area contributed by atoms with Gasteiger partial charge in [-0.15, -0.1) is 5.10 Å². The molecule has 0 aliphatic heterocycles. The van der Waals surface area contributed by atoms with Crippen LogP contribution in [0.5, 0.6) is 5.75 Å². The van der Waals surface area contributed by atoms with Crippen LogP contribution in [0.2, 0.25) is 0 Å². The van der Waals surface area contributed by atoms with Crippen LogP contribution in [0, 0.1) is 0 Å². The molecule has 0 saturated heterocycles. The van der Waals surface area contributed by atoms with Gasteiger partial charge in [0.15, 0.2) is 0 Å². The molecule has 0 radical (unpaired) electrons. The average Bonchev–Trinajstić information content (AvgIpc) is 2.84. The van der Waals surface area contributed by atoms with Gasteiger partial charge in [-0.3, -0.25) is 4.79 Å². The van der Waals surface area contributed by atoms with Gasteiger partial charge in [0.2, 0.25) is 5.16 Å². The molecule has 1 aromatic heterocycles.